The fourth-order valence-corrected chi connectivity index (χ4v) is 3.45. The number of hydrogen-bond donors (Lipinski definition) is 0. The molecule has 4 rings (SSSR count). The summed E-state index contributed by atoms with van der Waals surface area (Å²) in [4.78, 5) is 19.0. The molecule has 2 aromatic carbocycles. The number of fused-ring (bicyclic) bond motifs is 1. The second-order valence-corrected chi connectivity index (χ2v) is 6.84. The van der Waals surface area contributed by atoms with E-state index in [4.69, 9.17) is 16.3 Å². The lowest BCUT2D eigenvalue weighted by molar-refractivity contribution is -0.135. The molecule has 138 valence electrons. The quantitative estimate of drug-likeness (QED) is 0.643. The van der Waals surface area contributed by atoms with Gasteiger partial charge in [-0.1, -0.05) is 41.9 Å². The number of para-hydroxylation sites is 2. The maximum absolute atomic E-state index is 12.6. The minimum atomic E-state index is 0.105. The molecule has 27 heavy (non-hydrogen) atoms. The van der Waals surface area contributed by atoms with E-state index in [1.807, 2.05) is 64.2 Å². The van der Waals surface area contributed by atoms with Crippen LogP contribution in [0.25, 0.3) is 10.9 Å². The molecule has 1 saturated heterocycles. The van der Waals surface area contributed by atoms with E-state index in [1.54, 1.807) is 6.21 Å². The first-order chi connectivity index (χ1) is 13.2. The molecule has 5 nitrogen and oxygen atoms in total. The van der Waals surface area contributed by atoms with Gasteiger partial charge in [0.2, 0.25) is 5.91 Å². The summed E-state index contributed by atoms with van der Waals surface area (Å²) in [6, 6.07) is 15.5. The first-order valence-corrected chi connectivity index (χ1v) is 9.32. The Bertz CT molecular complexity index is 990. The molecule has 0 spiro atoms. The van der Waals surface area contributed by atoms with Crippen LogP contribution >= 0.6 is 11.6 Å². The van der Waals surface area contributed by atoms with Crippen LogP contribution in [0.15, 0.2) is 59.7 Å². The van der Waals surface area contributed by atoms with Gasteiger partial charge in [0.05, 0.1) is 23.9 Å². The highest BCUT2D eigenvalue weighted by Crippen LogP contribution is 2.25. The summed E-state index contributed by atoms with van der Waals surface area (Å²) in [5, 5.41) is 1.67. The average Bonchev–Trinajstić information content (AvgIpc) is 3.06. The smallest absolute Gasteiger partial charge is 0.242 e. The van der Waals surface area contributed by atoms with Crippen LogP contribution in [0.1, 0.15) is 5.56 Å². The molecule has 3 aromatic rings. The van der Waals surface area contributed by atoms with Gasteiger partial charge in [-0.25, -0.2) is 0 Å². The van der Waals surface area contributed by atoms with Crippen molar-refractivity contribution in [2.75, 3.05) is 26.3 Å². The number of carbonyl (C=O) groups is 1. The number of halogens is 1. The zero-order chi connectivity index (χ0) is 18.6. The Labute approximate surface area is 162 Å². The number of aromatic nitrogens is 1. The Hall–Kier alpha value is -2.63. The Balaban J connectivity index is 1.63. The highest BCUT2D eigenvalue weighted by molar-refractivity contribution is 6.33. The van der Waals surface area contributed by atoms with Crippen molar-refractivity contribution in [1.82, 2.24) is 9.47 Å². The molecule has 0 radical (unpaired) electrons. The zero-order valence-electron chi connectivity index (χ0n) is 14.8. The second kappa shape index (κ2) is 7.94. The van der Waals surface area contributed by atoms with Crippen molar-refractivity contribution in [2.24, 2.45) is 4.99 Å². The van der Waals surface area contributed by atoms with Gasteiger partial charge in [0.25, 0.3) is 0 Å². The molecule has 0 unspecified atom stereocenters. The van der Waals surface area contributed by atoms with E-state index in [-0.39, 0.29) is 5.91 Å². The first kappa shape index (κ1) is 17.8. The predicted octanol–water partition coefficient (Wildman–Crippen LogP) is 3.90. The number of morpholine rings is 1. The van der Waals surface area contributed by atoms with E-state index in [0.29, 0.717) is 37.9 Å². The number of amides is 1. The highest BCUT2D eigenvalue weighted by Gasteiger charge is 2.18. The summed E-state index contributed by atoms with van der Waals surface area (Å²) in [6.45, 7) is 2.82. The molecule has 0 N–H and O–H groups in total. The van der Waals surface area contributed by atoms with Crippen LogP contribution in [-0.2, 0) is 16.1 Å². The molecule has 1 aromatic heterocycles. The van der Waals surface area contributed by atoms with Gasteiger partial charge in [0.1, 0.15) is 6.54 Å². The molecule has 0 bridgehead atoms. The molecule has 1 aliphatic rings. The van der Waals surface area contributed by atoms with Crippen molar-refractivity contribution in [3.8, 4) is 0 Å². The third-order valence-corrected chi connectivity index (χ3v) is 5.00. The van der Waals surface area contributed by atoms with Gasteiger partial charge in [-0.3, -0.25) is 9.79 Å². The minimum Gasteiger partial charge on any atom is -0.378 e. The molecule has 0 saturated carbocycles. The second-order valence-electron chi connectivity index (χ2n) is 6.43. The standard InChI is InChI=1S/C21H20ClN3O2/c22-18-6-2-3-7-19(18)23-13-16-14-25(20-8-4-1-5-17(16)20)15-21(26)24-9-11-27-12-10-24/h1-8,13-14H,9-12,15H2. The zero-order valence-corrected chi connectivity index (χ0v) is 15.6. The first-order valence-electron chi connectivity index (χ1n) is 8.94. The number of rotatable bonds is 4. The number of carbonyl (C=O) groups excluding carboxylic acids is 1. The van der Waals surface area contributed by atoms with Crippen LogP contribution in [-0.4, -0.2) is 47.9 Å². The third kappa shape index (κ3) is 3.89. The summed E-state index contributed by atoms with van der Waals surface area (Å²) in [7, 11) is 0. The van der Waals surface area contributed by atoms with Gasteiger partial charge < -0.3 is 14.2 Å². The van der Waals surface area contributed by atoms with Crippen LogP contribution < -0.4 is 0 Å². The largest absolute Gasteiger partial charge is 0.378 e. The molecular formula is C21H20ClN3O2. The van der Waals surface area contributed by atoms with Crippen LogP contribution in [0.4, 0.5) is 5.69 Å². The average molecular weight is 382 g/mol. The monoisotopic (exact) mass is 381 g/mol. The van der Waals surface area contributed by atoms with E-state index in [2.05, 4.69) is 4.99 Å². The fourth-order valence-electron chi connectivity index (χ4n) is 3.26. The van der Waals surface area contributed by atoms with Gasteiger partial charge >= 0.3 is 0 Å². The summed E-state index contributed by atoms with van der Waals surface area (Å²) < 4.78 is 7.32. The Kier molecular flexibility index (Phi) is 5.23. The van der Waals surface area contributed by atoms with Gasteiger partial charge in [-0.05, 0) is 18.2 Å². The highest BCUT2D eigenvalue weighted by atomic mass is 35.5. The van der Waals surface area contributed by atoms with Gasteiger partial charge in [0.15, 0.2) is 0 Å². The predicted molar refractivity (Wildman–Crippen MR) is 108 cm³/mol. The van der Waals surface area contributed by atoms with Crippen LogP contribution in [0.2, 0.25) is 5.02 Å². The maximum atomic E-state index is 12.6. The summed E-state index contributed by atoms with van der Waals surface area (Å²) in [6.07, 6.45) is 3.78. The van der Waals surface area contributed by atoms with Gasteiger partial charge in [0, 0.05) is 42.0 Å². The lowest BCUT2D eigenvalue weighted by atomic mass is 10.2. The van der Waals surface area contributed by atoms with E-state index < -0.39 is 0 Å². The molecule has 0 aliphatic carbocycles. The molecule has 0 atom stereocenters. The third-order valence-electron chi connectivity index (χ3n) is 4.68. The number of nitrogens with zero attached hydrogens (tertiary/aromatic N) is 3. The van der Waals surface area contributed by atoms with Crippen LogP contribution in [0.3, 0.4) is 0 Å². The summed E-state index contributed by atoms with van der Waals surface area (Å²) in [5.74, 6) is 0.105. The summed E-state index contributed by atoms with van der Waals surface area (Å²) in [5.41, 5.74) is 2.69. The lowest BCUT2D eigenvalue weighted by Crippen LogP contribution is -2.42. The van der Waals surface area contributed by atoms with E-state index >= 15 is 0 Å². The number of aliphatic imine (C=N–C) groups is 1. The van der Waals surface area contributed by atoms with Crippen molar-refractivity contribution in [1.29, 1.82) is 0 Å². The molecule has 1 aliphatic heterocycles. The van der Waals surface area contributed by atoms with Crippen molar-refractivity contribution in [3.05, 3.63) is 65.3 Å². The molecular weight excluding hydrogens is 362 g/mol. The van der Waals surface area contributed by atoms with Crippen LogP contribution in [0, 0.1) is 0 Å². The SMILES string of the molecule is O=C(Cn1cc(C=Nc2ccccc2Cl)c2ccccc21)N1CCOCC1. The van der Waals surface area contributed by atoms with Gasteiger partial charge in [-0.2, -0.15) is 0 Å². The number of hydrogen-bond acceptors (Lipinski definition) is 3. The summed E-state index contributed by atoms with van der Waals surface area (Å²) >= 11 is 6.19. The maximum Gasteiger partial charge on any atom is 0.242 e. The van der Waals surface area contributed by atoms with Crippen molar-refractivity contribution >= 4 is 40.3 Å². The Morgan fingerprint density at radius 3 is 2.67 bits per heavy atom. The topological polar surface area (TPSA) is 46.8 Å². The Morgan fingerprint density at radius 2 is 1.85 bits per heavy atom. The molecule has 2 heterocycles. The Morgan fingerprint density at radius 1 is 1.11 bits per heavy atom. The van der Waals surface area contributed by atoms with E-state index in [0.717, 1.165) is 22.2 Å². The normalized spacial score (nSPS) is 14.9. The number of benzene rings is 2. The minimum absolute atomic E-state index is 0.105. The van der Waals surface area contributed by atoms with Crippen molar-refractivity contribution < 1.29 is 9.53 Å². The van der Waals surface area contributed by atoms with E-state index in [9.17, 15) is 4.79 Å². The van der Waals surface area contributed by atoms with E-state index in [1.165, 1.54) is 0 Å². The van der Waals surface area contributed by atoms with Crippen LogP contribution in [0.5, 0.6) is 0 Å². The van der Waals surface area contributed by atoms with Crippen molar-refractivity contribution in [3.63, 3.8) is 0 Å². The number of ether oxygens (including phenoxy) is 1. The molecule has 1 amide bonds. The van der Waals surface area contributed by atoms with Crippen molar-refractivity contribution in [2.45, 2.75) is 6.54 Å². The van der Waals surface area contributed by atoms with Gasteiger partial charge in [-0.15, -0.1) is 0 Å². The molecule has 6 heteroatoms. The lowest BCUT2D eigenvalue weighted by Gasteiger charge is -2.27. The fraction of sp³-hybridized carbons (Fsp3) is 0.238. The molecule has 1 fully saturated rings.